The number of carboxylic acid groups (broad SMARTS) is 1. The number of nitrogens with zero attached hydrogens (tertiary/aromatic N) is 2. The Kier molecular flexibility index (Phi) is 2.95. The van der Waals surface area contributed by atoms with E-state index in [4.69, 9.17) is 11.6 Å². The van der Waals surface area contributed by atoms with Gasteiger partial charge in [-0.3, -0.25) is 14.6 Å². The molecule has 1 N–H and O–H groups in total. The topological polar surface area (TPSA) is 87.6 Å². The van der Waals surface area contributed by atoms with Gasteiger partial charge in [0.25, 0.3) is 11.8 Å². The summed E-state index contributed by atoms with van der Waals surface area (Å²) in [4.78, 5) is 40.5. The van der Waals surface area contributed by atoms with E-state index in [2.05, 4.69) is 4.98 Å². The Morgan fingerprint density at radius 1 is 1.14 bits per heavy atom. The molecular formula is C14H7ClN2O4. The summed E-state index contributed by atoms with van der Waals surface area (Å²) in [6.07, 6.45) is 2.67. The van der Waals surface area contributed by atoms with Crippen LogP contribution in [0.2, 0.25) is 5.02 Å². The van der Waals surface area contributed by atoms with Gasteiger partial charge in [-0.15, -0.1) is 0 Å². The van der Waals surface area contributed by atoms with Crippen LogP contribution in [0.15, 0.2) is 36.7 Å². The quantitative estimate of drug-likeness (QED) is 0.860. The van der Waals surface area contributed by atoms with Gasteiger partial charge in [-0.1, -0.05) is 11.6 Å². The zero-order chi connectivity index (χ0) is 15.1. The van der Waals surface area contributed by atoms with E-state index in [1.54, 1.807) is 0 Å². The number of imide groups is 1. The molecule has 0 bridgehead atoms. The van der Waals surface area contributed by atoms with E-state index < -0.39 is 17.8 Å². The Morgan fingerprint density at radius 3 is 2.52 bits per heavy atom. The molecule has 3 rings (SSSR count). The number of aromatic nitrogens is 1. The molecule has 0 spiro atoms. The van der Waals surface area contributed by atoms with E-state index in [-0.39, 0.29) is 27.4 Å². The number of hydrogen-bond acceptors (Lipinski definition) is 4. The first-order chi connectivity index (χ1) is 10.0. The van der Waals surface area contributed by atoms with Crippen molar-refractivity contribution in [2.24, 2.45) is 0 Å². The molecule has 0 radical (unpaired) electrons. The minimum absolute atomic E-state index is 0.0544. The lowest BCUT2D eigenvalue weighted by molar-refractivity contribution is 0.0698. The molecule has 2 heterocycles. The van der Waals surface area contributed by atoms with E-state index in [9.17, 15) is 19.5 Å². The number of pyridine rings is 1. The van der Waals surface area contributed by atoms with E-state index in [0.717, 1.165) is 4.90 Å². The Balaban J connectivity index is 2.20. The molecule has 0 saturated carbocycles. The van der Waals surface area contributed by atoms with Gasteiger partial charge in [-0.2, -0.15) is 0 Å². The highest BCUT2D eigenvalue weighted by atomic mass is 35.5. The Hall–Kier alpha value is -2.73. The highest BCUT2D eigenvalue weighted by Gasteiger charge is 2.38. The number of halogens is 1. The summed E-state index contributed by atoms with van der Waals surface area (Å²) in [6.45, 7) is 0. The third-order valence-electron chi connectivity index (χ3n) is 3.12. The van der Waals surface area contributed by atoms with Crippen LogP contribution in [0.1, 0.15) is 31.1 Å². The highest BCUT2D eigenvalue weighted by Crippen LogP contribution is 2.32. The summed E-state index contributed by atoms with van der Waals surface area (Å²) < 4.78 is 0. The maximum Gasteiger partial charge on any atom is 0.337 e. The molecule has 0 saturated heterocycles. The van der Waals surface area contributed by atoms with Crippen molar-refractivity contribution in [3.05, 3.63) is 58.4 Å². The molecule has 7 heteroatoms. The van der Waals surface area contributed by atoms with E-state index in [0.29, 0.717) is 0 Å². The van der Waals surface area contributed by atoms with Crippen molar-refractivity contribution >= 4 is 35.1 Å². The predicted molar refractivity (Wildman–Crippen MR) is 73.8 cm³/mol. The Morgan fingerprint density at radius 2 is 1.86 bits per heavy atom. The summed E-state index contributed by atoms with van der Waals surface area (Å²) in [5, 5.41) is 9.43. The summed E-state index contributed by atoms with van der Waals surface area (Å²) in [5.74, 6) is -2.47. The van der Waals surface area contributed by atoms with E-state index in [1.807, 2.05) is 0 Å². The maximum atomic E-state index is 12.3. The van der Waals surface area contributed by atoms with Crippen LogP contribution in [-0.2, 0) is 0 Å². The van der Waals surface area contributed by atoms with Crippen LogP contribution in [0.25, 0.3) is 0 Å². The van der Waals surface area contributed by atoms with Gasteiger partial charge in [-0.25, -0.2) is 9.69 Å². The Labute approximate surface area is 123 Å². The van der Waals surface area contributed by atoms with E-state index in [1.165, 1.54) is 36.7 Å². The monoisotopic (exact) mass is 302 g/mol. The molecule has 1 aromatic heterocycles. The van der Waals surface area contributed by atoms with Crippen molar-refractivity contribution in [2.75, 3.05) is 4.90 Å². The predicted octanol–water partition coefficient (Wildman–Crippen LogP) is 2.23. The number of carbonyl (C=O) groups is 3. The molecule has 6 nitrogen and oxygen atoms in total. The average Bonchev–Trinajstić information content (AvgIpc) is 2.71. The lowest BCUT2D eigenvalue weighted by Gasteiger charge is -2.16. The first-order valence-electron chi connectivity index (χ1n) is 5.86. The van der Waals surface area contributed by atoms with Crippen LogP contribution in [0, 0.1) is 0 Å². The van der Waals surface area contributed by atoms with Gasteiger partial charge in [0, 0.05) is 17.4 Å². The van der Waals surface area contributed by atoms with Gasteiger partial charge in [0.05, 0.1) is 22.4 Å². The van der Waals surface area contributed by atoms with Crippen LogP contribution in [0.4, 0.5) is 5.69 Å². The van der Waals surface area contributed by atoms with Crippen molar-refractivity contribution in [1.29, 1.82) is 0 Å². The van der Waals surface area contributed by atoms with Crippen LogP contribution >= 0.6 is 11.6 Å². The van der Waals surface area contributed by atoms with Crippen molar-refractivity contribution in [3.8, 4) is 0 Å². The molecule has 21 heavy (non-hydrogen) atoms. The molecule has 2 amide bonds. The van der Waals surface area contributed by atoms with Gasteiger partial charge in [0.15, 0.2) is 0 Å². The van der Waals surface area contributed by atoms with Crippen molar-refractivity contribution < 1.29 is 19.5 Å². The second-order valence-corrected chi connectivity index (χ2v) is 4.77. The number of carboxylic acids is 1. The fraction of sp³-hybridized carbons (Fsp3) is 0. The van der Waals surface area contributed by atoms with Gasteiger partial charge in [0.1, 0.15) is 0 Å². The van der Waals surface area contributed by atoms with Crippen LogP contribution in [0.5, 0.6) is 0 Å². The lowest BCUT2D eigenvalue weighted by Crippen LogP contribution is -2.31. The third kappa shape index (κ3) is 1.96. The first-order valence-corrected chi connectivity index (χ1v) is 6.24. The van der Waals surface area contributed by atoms with Gasteiger partial charge in [0.2, 0.25) is 0 Å². The summed E-state index contributed by atoms with van der Waals surface area (Å²) in [7, 11) is 0. The molecule has 1 aliphatic heterocycles. The molecule has 1 aromatic carbocycles. The van der Waals surface area contributed by atoms with Crippen LogP contribution < -0.4 is 4.90 Å². The number of aromatic carboxylic acids is 1. The molecule has 1 aliphatic rings. The normalized spacial score (nSPS) is 13.5. The Bertz CT molecular complexity index is 768. The minimum atomic E-state index is -1.25. The molecule has 0 unspecified atom stereocenters. The standard InChI is InChI=1S/C14H7ClN2O4/c15-7-1-2-9(14(20)21)11(5-7)17-12(18)8-3-4-16-6-10(8)13(17)19/h1-6H,(H,20,21). The van der Waals surface area contributed by atoms with Gasteiger partial charge in [-0.05, 0) is 24.3 Å². The van der Waals surface area contributed by atoms with Crippen molar-refractivity contribution in [3.63, 3.8) is 0 Å². The SMILES string of the molecule is O=C(O)c1ccc(Cl)cc1N1C(=O)c2ccncc2C1=O. The fourth-order valence-electron chi connectivity index (χ4n) is 2.17. The third-order valence-corrected chi connectivity index (χ3v) is 3.35. The molecule has 0 aliphatic carbocycles. The summed E-state index contributed by atoms with van der Waals surface area (Å²) in [5.41, 5.74) is 0.0909. The molecule has 2 aromatic rings. The first kappa shape index (κ1) is 13.3. The second kappa shape index (κ2) is 4.68. The van der Waals surface area contributed by atoms with Gasteiger partial charge < -0.3 is 5.11 Å². The zero-order valence-electron chi connectivity index (χ0n) is 10.4. The largest absolute Gasteiger partial charge is 0.478 e. The number of benzene rings is 1. The van der Waals surface area contributed by atoms with Crippen molar-refractivity contribution in [1.82, 2.24) is 4.98 Å². The number of hydrogen-bond donors (Lipinski definition) is 1. The van der Waals surface area contributed by atoms with E-state index >= 15 is 0 Å². The minimum Gasteiger partial charge on any atom is -0.478 e. The average molecular weight is 303 g/mol. The van der Waals surface area contributed by atoms with Crippen LogP contribution in [-0.4, -0.2) is 27.9 Å². The molecule has 0 atom stereocenters. The molecule has 104 valence electrons. The number of amides is 2. The van der Waals surface area contributed by atoms with Crippen LogP contribution in [0.3, 0.4) is 0 Å². The zero-order valence-corrected chi connectivity index (χ0v) is 11.2. The summed E-state index contributed by atoms with van der Waals surface area (Å²) in [6, 6.07) is 5.33. The van der Waals surface area contributed by atoms with Gasteiger partial charge >= 0.3 is 5.97 Å². The molecular weight excluding hydrogens is 296 g/mol. The maximum absolute atomic E-state index is 12.3. The molecule has 0 fully saturated rings. The smallest absolute Gasteiger partial charge is 0.337 e. The lowest BCUT2D eigenvalue weighted by atomic mass is 10.1. The fourth-order valence-corrected chi connectivity index (χ4v) is 2.34. The number of anilines is 1. The number of rotatable bonds is 2. The van der Waals surface area contributed by atoms with Crippen molar-refractivity contribution in [2.45, 2.75) is 0 Å². The highest BCUT2D eigenvalue weighted by molar-refractivity contribution is 6.36. The second-order valence-electron chi connectivity index (χ2n) is 4.33. The number of carbonyl (C=O) groups excluding carboxylic acids is 2. The number of fused-ring (bicyclic) bond motifs is 1. The summed E-state index contributed by atoms with van der Waals surface area (Å²) >= 11 is 5.85.